The average molecular weight is 459 g/mol. The Balaban J connectivity index is 1.67. The molecule has 2 aromatic heterocycles. The molecule has 0 saturated heterocycles. The average Bonchev–Trinajstić information content (AvgIpc) is 3.34. The second-order valence-corrected chi connectivity index (χ2v) is 7.72. The van der Waals surface area contributed by atoms with Crippen molar-refractivity contribution in [2.24, 2.45) is 0 Å². The fraction of sp³-hybridized carbons (Fsp3) is 0.158. The number of aryl methyl sites for hydroxylation is 1. The zero-order valence-corrected chi connectivity index (χ0v) is 17.9. The lowest BCUT2D eigenvalue weighted by Gasteiger charge is -2.12. The lowest BCUT2D eigenvalue weighted by Crippen LogP contribution is -2.13. The number of amides is 1. The normalized spacial score (nSPS) is 10.9. The number of nitro groups is 1. The number of ether oxygens (including phenoxy) is 1. The largest absolute Gasteiger partial charge is 0.495 e. The summed E-state index contributed by atoms with van der Waals surface area (Å²) in [5.41, 5.74) is 1.06. The number of rotatable bonds is 6. The summed E-state index contributed by atoms with van der Waals surface area (Å²) in [7, 11) is 1.49. The van der Waals surface area contributed by atoms with Crippen LogP contribution < -0.4 is 10.1 Å². The highest BCUT2D eigenvalue weighted by molar-refractivity contribution is 7.19. The van der Waals surface area contributed by atoms with Gasteiger partial charge in [-0.05, 0) is 24.3 Å². The van der Waals surface area contributed by atoms with E-state index in [2.05, 4.69) is 20.6 Å². The maximum Gasteiger partial charge on any atom is 0.270 e. The number of benzene rings is 2. The van der Waals surface area contributed by atoms with Gasteiger partial charge in [-0.2, -0.15) is 9.61 Å². The van der Waals surface area contributed by atoms with Gasteiger partial charge in [0, 0.05) is 24.1 Å². The van der Waals surface area contributed by atoms with E-state index < -0.39 is 10.8 Å². The van der Waals surface area contributed by atoms with Crippen LogP contribution in [0.25, 0.3) is 15.5 Å². The number of carbonyl (C=O) groups is 1. The summed E-state index contributed by atoms with van der Waals surface area (Å²) < 4.78 is 7.05. The zero-order valence-electron chi connectivity index (χ0n) is 16.3. The van der Waals surface area contributed by atoms with Crippen LogP contribution in [0.4, 0.5) is 11.4 Å². The van der Waals surface area contributed by atoms with E-state index in [0.717, 1.165) is 17.5 Å². The van der Waals surface area contributed by atoms with Crippen LogP contribution in [-0.4, -0.2) is 37.8 Å². The predicted molar refractivity (Wildman–Crippen MR) is 116 cm³/mol. The first-order valence-corrected chi connectivity index (χ1v) is 10.3. The number of halogens is 1. The van der Waals surface area contributed by atoms with Crippen LogP contribution in [0.15, 0.2) is 36.4 Å². The first-order chi connectivity index (χ1) is 14.9. The molecule has 2 aromatic carbocycles. The topological polar surface area (TPSA) is 125 Å². The van der Waals surface area contributed by atoms with Crippen molar-refractivity contribution in [2.45, 2.75) is 13.3 Å². The van der Waals surface area contributed by atoms with Crippen LogP contribution in [0.3, 0.4) is 0 Å². The summed E-state index contributed by atoms with van der Waals surface area (Å²) >= 11 is 7.45. The lowest BCUT2D eigenvalue weighted by molar-refractivity contribution is -0.384. The molecule has 12 heteroatoms. The Hall–Kier alpha value is -3.57. The van der Waals surface area contributed by atoms with Crippen molar-refractivity contribution in [3.05, 3.63) is 62.9 Å². The van der Waals surface area contributed by atoms with Gasteiger partial charge in [-0.1, -0.05) is 29.9 Å². The summed E-state index contributed by atoms with van der Waals surface area (Å²) in [6.07, 6.45) is 0.699. The highest BCUT2D eigenvalue weighted by atomic mass is 35.5. The van der Waals surface area contributed by atoms with Crippen molar-refractivity contribution in [1.82, 2.24) is 19.8 Å². The third kappa shape index (κ3) is 3.92. The molecule has 1 N–H and O–H groups in total. The van der Waals surface area contributed by atoms with Crippen LogP contribution in [0.1, 0.15) is 23.1 Å². The third-order valence-corrected chi connectivity index (χ3v) is 5.73. The van der Waals surface area contributed by atoms with Crippen molar-refractivity contribution in [1.29, 1.82) is 0 Å². The number of aromatic nitrogens is 4. The van der Waals surface area contributed by atoms with E-state index in [1.807, 2.05) is 13.0 Å². The first kappa shape index (κ1) is 20.7. The van der Waals surface area contributed by atoms with Gasteiger partial charge in [0.05, 0.1) is 28.3 Å². The Labute approximate surface area is 184 Å². The molecule has 0 atom stereocenters. The molecule has 10 nitrogen and oxygen atoms in total. The predicted octanol–water partition coefficient (Wildman–Crippen LogP) is 4.24. The van der Waals surface area contributed by atoms with Crippen LogP contribution in [0, 0.1) is 10.1 Å². The molecule has 0 radical (unpaired) electrons. The zero-order chi connectivity index (χ0) is 22.1. The van der Waals surface area contributed by atoms with Crippen LogP contribution in [-0.2, 0) is 6.42 Å². The molecule has 0 bridgehead atoms. The van der Waals surface area contributed by atoms with Gasteiger partial charge in [-0.3, -0.25) is 14.9 Å². The van der Waals surface area contributed by atoms with E-state index in [0.29, 0.717) is 27.8 Å². The Kier molecular flexibility index (Phi) is 5.53. The molecule has 1 amide bonds. The minimum absolute atomic E-state index is 0.0254. The van der Waals surface area contributed by atoms with Crippen molar-refractivity contribution in [3.8, 4) is 16.3 Å². The lowest BCUT2D eigenvalue weighted by atomic mass is 10.1. The Morgan fingerprint density at radius 1 is 1.29 bits per heavy atom. The molecule has 0 aliphatic carbocycles. The number of hydrogen-bond acceptors (Lipinski definition) is 8. The van der Waals surface area contributed by atoms with Crippen molar-refractivity contribution >= 4 is 45.2 Å². The van der Waals surface area contributed by atoms with Gasteiger partial charge in [0.1, 0.15) is 10.8 Å². The summed E-state index contributed by atoms with van der Waals surface area (Å²) in [6, 6.07) is 8.93. The highest BCUT2D eigenvalue weighted by Gasteiger charge is 2.18. The highest BCUT2D eigenvalue weighted by Crippen LogP contribution is 2.33. The number of methoxy groups -OCH3 is 1. The fourth-order valence-corrected chi connectivity index (χ4v) is 4.04. The van der Waals surface area contributed by atoms with E-state index in [1.165, 1.54) is 30.6 Å². The molecular weight excluding hydrogens is 444 g/mol. The number of nitrogens with one attached hydrogen (secondary N) is 1. The molecule has 4 rings (SSSR count). The Morgan fingerprint density at radius 2 is 2.10 bits per heavy atom. The van der Waals surface area contributed by atoms with Gasteiger partial charge in [0.15, 0.2) is 5.82 Å². The Bertz CT molecular complexity index is 1320. The van der Waals surface area contributed by atoms with Gasteiger partial charge < -0.3 is 10.1 Å². The molecule has 0 unspecified atom stereocenters. The van der Waals surface area contributed by atoms with E-state index in [4.69, 9.17) is 16.3 Å². The smallest absolute Gasteiger partial charge is 0.270 e. The Morgan fingerprint density at radius 3 is 2.77 bits per heavy atom. The number of nitro benzene ring substituents is 1. The van der Waals surface area contributed by atoms with Gasteiger partial charge >= 0.3 is 0 Å². The fourth-order valence-electron chi connectivity index (χ4n) is 2.92. The molecule has 2 heterocycles. The third-order valence-electron chi connectivity index (χ3n) is 4.47. The molecule has 0 spiro atoms. The minimum atomic E-state index is -0.579. The molecule has 0 aliphatic heterocycles. The first-order valence-electron chi connectivity index (χ1n) is 9.06. The summed E-state index contributed by atoms with van der Waals surface area (Å²) in [5, 5.41) is 27.1. The maximum absolute atomic E-state index is 12.8. The second-order valence-electron chi connectivity index (χ2n) is 6.36. The summed E-state index contributed by atoms with van der Waals surface area (Å²) in [5.74, 6) is 0.668. The van der Waals surface area contributed by atoms with Crippen LogP contribution in [0.2, 0.25) is 5.02 Å². The van der Waals surface area contributed by atoms with Crippen molar-refractivity contribution < 1.29 is 14.5 Å². The monoisotopic (exact) mass is 458 g/mol. The van der Waals surface area contributed by atoms with E-state index in [1.54, 1.807) is 16.6 Å². The molecule has 0 aliphatic rings. The van der Waals surface area contributed by atoms with Crippen molar-refractivity contribution in [3.63, 3.8) is 0 Å². The molecular formula is C19H15ClN6O4S. The van der Waals surface area contributed by atoms with Gasteiger partial charge in [-0.15, -0.1) is 10.2 Å². The molecule has 0 saturated carbocycles. The molecule has 31 heavy (non-hydrogen) atoms. The summed E-state index contributed by atoms with van der Waals surface area (Å²) in [6.45, 7) is 1.97. The number of non-ortho nitro benzene ring substituents is 1. The number of carbonyl (C=O) groups excluding carboxylic acids is 1. The minimum Gasteiger partial charge on any atom is -0.495 e. The van der Waals surface area contributed by atoms with Gasteiger partial charge in [0.2, 0.25) is 4.96 Å². The number of hydrogen-bond donors (Lipinski definition) is 1. The van der Waals surface area contributed by atoms with Gasteiger partial charge in [-0.25, -0.2) is 0 Å². The second kappa shape index (κ2) is 8.28. The number of fused-ring (bicyclic) bond motifs is 1. The van der Waals surface area contributed by atoms with Crippen molar-refractivity contribution in [2.75, 3.05) is 12.4 Å². The van der Waals surface area contributed by atoms with E-state index in [9.17, 15) is 14.9 Å². The van der Waals surface area contributed by atoms with Gasteiger partial charge in [0.25, 0.3) is 11.6 Å². The van der Waals surface area contributed by atoms with Crippen LogP contribution >= 0.6 is 22.9 Å². The maximum atomic E-state index is 12.8. The molecule has 0 fully saturated rings. The SMILES string of the molecule is CCc1nnc2sc(-c3ccc(OC)c(NC(=O)c4ccc([N+](=O)[O-])cc4Cl)c3)nn12. The van der Waals surface area contributed by atoms with E-state index in [-0.39, 0.29) is 16.3 Å². The quantitative estimate of drug-likeness (QED) is 0.338. The molecule has 4 aromatic rings. The van der Waals surface area contributed by atoms with Crippen LogP contribution in [0.5, 0.6) is 5.75 Å². The number of nitrogens with zero attached hydrogens (tertiary/aromatic N) is 5. The standard InChI is InChI=1S/C19H15ClN6O4S/c1-3-16-22-23-19-25(16)24-18(31-19)10-4-7-15(30-2)14(8-10)21-17(27)12-6-5-11(26(28)29)9-13(12)20/h4-9H,3H2,1-2H3,(H,21,27). The van der Waals surface area contributed by atoms with E-state index >= 15 is 0 Å². The molecule has 158 valence electrons. The number of anilines is 1. The summed E-state index contributed by atoms with van der Waals surface area (Å²) in [4.78, 5) is 23.7.